The topological polar surface area (TPSA) is 587 Å². The first-order valence-electron chi connectivity index (χ1n) is 35.7. The van der Waals surface area contributed by atoms with Gasteiger partial charge in [0.25, 0.3) is 0 Å². The third kappa shape index (κ3) is 24.0. The van der Waals surface area contributed by atoms with Gasteiger partial charge in [0.05, 0.1) is 31.7 Å². The number of carbonyl (C=O) groups is 16. The first-order valence-corrected chi connectivity index (χ1v) is 38.2. The highest BCUT2D eigenvalue weighted by Gasteiger charge is 2.42. The Morgan fingerprint density at radius 1 is 0.607 bits per heavy atom. The van der Waals surface area contributed by atoms with Crippen LogP contribution >= 0.6 is 21.6 Å². The lowest BCUT2D eigenvalue weighted by molar-refractivity contribution is -0.142. The number of aromatic nitrogens is 4. The fraction of sp³-hybridized carbons (Fsp3) is 0.431. The second kappa shape index (κ2) is 40.1. The summed E-state index contributed by atoms with van der Waals surface area (Å²) in [5.74, 6) is -21.2. The Kier molecular flexibility index (Phi) is 30.7. The predicted molar refractivity (Wildman–Crippen MR) is 403 cm³/mol. The van der Waals surface area contributed by atoms with Crippen LogP contribution in [0.15, 0.2) is 97.7 Å². The van der Waals surface area contributed by atoms with Crippen LogP contribution in [-0.4, -0.2) is 226 Å². The van der Waals surface area contributed by atoms with E-state index in [2.05, 4.69) is 78.4 Å². The minimum absolute atomic E-state index is 0.0415. The van der Waals surface area contributed by atoms with E-state index in [1.165, 1.54) is 42.7 Å². The van der Waals surface area contributed by atoms with Crippen molar-refractivity contribution < 1.29 is 91.3 Å². The third-order valence-electron chi connectivity index (χ3n) is 18.7. The number of carboxylic acid groups (broad SMARTS) is 1. The van der Waals surface area contributed by atoms with Crippen LogP contribution in [0.25, 0.3) is 21.8 Å². The molecule has 3 aromatic heterocycles. The number of aliphatic hydroxyl groups is 1. The summed E-state index contributed by atoms with van der Waals surface area (Å²) in [5, 5.41) is 49.7. The van der Waals surface area contributed by atoms with Gasteiger partial charge in [-0.2, -0.15) is 0 Å². The minimum Gasteiger partial charge on any atom is -0.481 e. The van der Waals surface area contributed by atoms with Gasteiger partial charge in [-0.05, 0) is 66.6 Å². The Morgan fingerprint density at radius 2 is 1.14 bits per heavy atom. The molecule has 112 heavy (non-hydrogen) atoms. The second-order valence-corrected chi connectivity index (χ2v) is 29.7. The second-order valence-electron chi connectivity index (χ2n) is 27.2. The zero-order valence-corrected chi connectivity index (χ0v) is 62.9. The van der Waals surface area contributed by atoms with Gasteiger partial charge in [0.15, 0.2) is 0 Å². The number of primary amides is 3. The molecule has 0 spiro atoms. The number of likely N-dealkylation sites (tertiary alicyclic amines) is 1. The van der Waals surface area contributed by atoms with Gasteiger partial charge < -0.3 is 106 Å². The molecule has 22 N–H and O–H groups in total. The molecule has 8 rings (SSSR count). The number of aliphatic carboxylic acids is 1. The van der Waals surface area contributed by atoms with E-state index >= 15 is 19.2 Å². The lowest BCUT2D eigenvalue weighted by atomic mass is 9.97. The quantitative estimate of drug-likeness (QED) is 0.0214. The number of carboxylic acids is 1. The summed E-state index contributed by atoms with van der Waals surface area (Å²) >= 11 is 0. The van der Waals surface area contributed by atoms with Gasteiger partial charge >= 0.3 is 5.97 Å². The number of H-pyrrole nitrogens is 3. The van der Waals surface area contributed by atoms with Crippen LogP contribution in [0, 0.1) is 11.7 Å². The lowest BCUT2D eigenvalue weighted by Gasteiger charge is -2.30. The molecule has 0 unspecified atom stereocenters. The lowest BCUT2D eigenvalue weighted by Crippen LogP contribution is -2.63. The van der Waals surface area contributed by atoms with Crippen LogP contribution < -0.4 is 75.7 Å². The van der Waals surface area contributed by atoms with Crippen LogP contribution in [0.3, 0.4) is 0 Å². The van der Waals surface area contributed by atoms with Gasteiger partial charge in [-0.15, -0.1) is 0 Å². The number of nitrogens with two attached hydrogens (primary N) is 3. The van der Waals surface area contributed by atoms with Crippen LogP contribution in [-0.2, 0) is 102 Å². The fourth-order valence-electron chi connectivity index (χ4n) is 12.7. The summed E-state index contributed by atoms with van der Waals surface area (Å²) in [4.78, 5) is 241. The summed E-state index contributed by atoms with van der Waals surface area (Å²) < 4.78 is 13.9. The van der Waals surface area contributed by atoms with Gasteiger partial charge in [-0.25, -0.2) is 9.37 Å². The van der Waals surface area contributed by atoms with Crippen molar-refractivity contribution >= 4 is 138 Å². The van der Waals surface area contributed by atoms with Crippen molar-refractivity contribution in [2.75, 3.05) is 18.1 Å². The average molecular weight is 1590 g/mol. The number of para-hydroxylation sites is 2. The van der Waals surface area contributed by atoms with Gasteiger partial charge in [-0.3, -0.25) is 76.7 Å². The predicted octanol–water partition coefficient (Wildman–Crippen LogP) is -3.34. The molecule has 14 atom stereocenters. The minimum atomic E-state index is -2.11. The standard InChI is InChI=1S/C72H90FN19O18S2/c1-5-34(2)59(90-71(109)60(35(3)93)91-67(105)46(81-36(4)94)21-37-16-18-40(73)19-17-37)70(108)89-54-32-112-111-31-53(69(107)87-52(72(110)92-20-10-15-55(92)61(76)99)23-39-29-79-45-14-9-7-12-43(39)45)88-66(104)51(27-58(97)98)86-63(101)48(24-41-30-77-33-80-41)83-62(100)47(22-38-28-78-44-13-8-6-11-42(38)44)82-64(102)49(25-56(74)95)84-65(103)50(26-57(75)96)85-68(54)106/h6-9,11-14,16-19,28-30,33-35,46-55,59-60,78-79,93H,5,10,15,20-27,31-32H2,1-4H3,(H2,74,95)(H2,75,96)(H2,76,99)(H,77,80)(H,81,94)(H,82,102)(H,83,100)(H,84,103)(H,85,106)(H,86,101)(H,87,107)(H,88,104)(H,89,108)(H,90,109)(H,91,105)(H,97,98)/t34-,35+,46-,47-,48-,49-,50-,51-,52-,53-,54-,55-,59-,60-/m0/s1. The van der Waals surface area contributed by atoms with Gasteiger partial charge in [0.2, 0.25) is 88.6 Å². The maximum Gasteiger partial charge on any atom is 0.305 e. The molecular formula is C72H90FN19O18S2. The molecule has 5 heterocycles. The van der Waals surface area contributed by atoms with Crippen molar-refractivity contribution in [1.82, 2.24) is 83.3 Å². The number of imidazole rings is 1. The van der Waals surface area contributed by atoms with E-state index < -0.39 is 229 Å². The molecule has 3 aromatic carbocycles. The Morgan fingerprint density at radius 3 is 1.71 bits per heavy atom. The molecule has 6 aromatic rings. The van der Waals surface area contributed by atoms with Crippen molar-refractivity contribution in [2.24, 2.45) is 23.1 Å². The highest BCUT2D eigenvalue weighted by Crippen LogP contribution is 2.27. The van der Waals surface area contributed by atoms with Crippen molar-refractivity contribution in [3.63, 3.8) is 0 Å². The van der Waals surface area contributed by atoms with E-state index in [4.69, 9.17) is 17.2 Å². The molecule has 0 aliphatic carbocycles. The van der Waals surface area contributed by atoms with Crippen LogP contribution in [0.2, 0.25) is 0 Å². The van der Waals surface area contributed by atoms with Crippen molar-refractivity contribution in [3.05, 3.63) is 126 Å². The summed E-state index contributed by atoms with van der Waals surface area (Å²) in [6, 6.07) is -2.47. The van der Waals surface area contributed by atoms with E-state index in [0.717, 1.165) is 26.0 Å². The molecule has 600 valence electrons. The Labute approximate surface area is 647 Å². The highest BCUT2D eigenvalue weighted by atomic mass is 33.1. The number of nitrogens with zero attached hydrogens (tertiary/aromatic N) is 2. The summed E-state index contributed by atoms with van der Waals surface area (Å²) in [6.45, 7) is 5.42. The van der Waals surface area contributed by atoms with E-state index in [0.29, 0.717) is 66.5 Å². The number of aromatic amines is 3. The summed E-state index contributed by atoms with van der Waals surface area (Å²) in [5.41, 5.74) is 19.8. The zero-order chi connectivity index (χ0) is 81.6. The average Bonchev–Trinajstić information content (AvgIpc) is 1.63. The Balaban J connectivity index is 1.20. The molecule has 15 amide bonds. The molecule has 0 saturated carbocycles. The number of rotatable bonds is 28. The molecule has 37 nitrogen and oxygen atoms in total. The van der Waals surface area contributed by atoms with E-state index in [-0.39, 0.29) is 37.9 Å². The number of carbonyl (C=O) groups excluding carboxylic acids is 15. The normalized spacial score (nSPS) is 21.4. The molecule has 40 heteroatoms. The van der Waals surface area contributed by atoms with Gasteiger partial charge in [-0.1, -0.05) is 90.4 Å². The number of benzene rings is 3. The van der Waals surface area contributed by atoms with Crippen LogP contribution in [0.4, 0.5) is 4.39 Å². The monoisotopic (exact) mass is 1590 g/mol. The number of hydrogen-bond donors (Lipinski definition) is 19. The number of amides is 15. The summed E-state index contributed by atoms with van der Waals surface area (Å²) in [7, 11) is 1.40. The fourth-order valence-corrected chi connectivity index (χ4v) is 15.0. The molecule has 2 aliphatic rings. The third-order valence-corrected chi connectivity index (χ3v) is 21.2. The van der Waals surface area contributed by atoms with Crippen molar-refractivity contribution in [3.8, 4) is 0 Å². The molecule has 0 bridgehead atoms. The van der Waals surface area contributed by atoms with Crippen LogP contribution in [0.1, 0.15) is 88.6 Å². The highest BCUT2D eigenvalue weighted by molar-refractivity contribution is 8.76. The number of halogens is 1. The maximum atomic E-state index is 15.3. The number of aliphatic hydroxyl groups excluding tert-OH is 1. The largest absolute Gasteiger partial charge is 0.481 e. The number of nitrogens with one attached hydrogen (secondary N) is 14. The van der Waals surface area contributed by atoms with Gasteiger partial charge in [0, 0.05) is 96.7 Å². The van der Waals surface area contributed by atoms with Gasteiger partial charge in [0.1, 0.15) is 78.3 Å². The summed E-state index contributed by atoms with van der Waals surface area (Å²) in [6.07, 6.45) is -0.0139. The van der Waals surface area contributed by atoms with E-state index in [9.17, 15) is 72.1 Å². The SMILES string of the molecule is CC[C@H](C)[C@H](NC(=O)[C@@H](NC(=O)[C@H](Cc1ccc(F)cc1)NC(C)=O)[C@@H](C)O)C(=O)N[C@H]1CSSC[C@@H](C(=O)N[C@@H](Cc2c[nH]c3ccccc23)C(=O)N2CCC[C@H]2C(N)=O)NC(=O)[C@H](CC(=O)O)NC(=O)[C@H](Cc2cnc[nH]2)NC(=O)[C@H](Cc2c[nH]c3ccccc23)NC(=O)[C@H](CC(N)=O)NC(=O)[C@H](CC(N)=O)NC1=O. The maximum absolute atomic E-state index is 15.3. The first-order chi connectivity index (χ1) is 53.3. The smallest absolute Gasteiger partial charge is 0.305 e. The number of hydrogen-bond acceptors (Lipinski definition) is 20. The van der Waals surface area contributed by atoms with Crippen LogP contribution in [0.5, 0.6) is 0 Å². The van der Waals surface area contributed by atoms with E-state index in [1.54, 1.807) is 61.7 Å². The zero-order valence-electron chi connectivity index (χ0n) is 61.3. The number of fused-ring (bicyclic) bond motifs is 2. The van der Waals surface area contributed by atoms with Crippen molar-refractivity contribution in [1.29, 1.82) is 0 Å². The first kappa shape index (κ1) is 85.7. The molecule has 2 saturated heterocycles. The van der Waals surface area contributed by atoms with E-state index in [1.807, 2.05) is 0 Å². The molecule has 0 radical (unpaired) electrons. The van der Waals surface area contributed by atoms with Crippen molar-refractivity contribution in [2.45, 2.75) is 171 Å². The Hall–Kier alpha value is -11.9. The molecule has 2 fully saturated rings. The molecule has 2 aliphatic heterocycles. The Bertz CT molecular complexity index is 4470. The molecular weight excluding hydrogens is 1500 g/mol.